The van der Waals surface area contributed by atoms with Crippen molar-refractivity contribution in [1.29, 1.82) is 0 Å². The van der Waals surface area contributed by atoms with E-state index in [9.17, 15) is 0 Å². The summed E-state index contributed by atoms with van der Waals surface area (Å²) >= 11 is 5.71. The fraction of sp³-hybridized carbons (Fsp3) is 0.125. The second-order valence-electron chi connectivity index (χ2n) is 11.7. The molecule has 0 bridgehead atoms. The summed E-state index contributed by atoms with van der Waals surface area (Å²) in [5, 5.41) is 4.19. The third-order valence-electron chi connectivity index (χ3n) is 7.95. The van der Waals surface area contributed by atoms with Gasteiger partial charge in [0, 0.05) is 5.88 Å². The molecule has 0 N–H and O–H groups in total. The van der Waals surface area contributed by atoms with E-state index in [0.717, 1.165) is 23.5 Å². The van der Waals surface area contributed by atoms with E-state index in [1.807, 2.05) is 84.9 Å². The Labute approximate surface area is 329 Å². The highest BCUT2D eigenvalue weighted by Gasteiger charge is 2.15. The van der Waals surface area contributed by atoms with Gasteiger partial charge in [-0.3, -0.25) is 0 Å². The molecule has 0 fully saturated rings. The van der Waals surface area contributed by atoms with Crippen molar-refractivity contribution in [3.05, 3.63) is 222 Å². The van der Waals surface area contributed by atoms with Crippen molar-refractivity contribution < 1.29 is 21.9 Å². The van der Waals surface area contributed by atoms with Crippen LogP contribution in [0.3, 0.4) is 0 Å². The van der Waals surface area contributed by atoms with Crippen LogP contribution in [0, 0.1) is 0 Å². The molecular weight excluding hydrogens is 710 g/mol. The first-order valence-electron chi connectivity index (χ1n) is 17.2. The van der Waals surface area contributed by atoms with Crippen LogP contribution in [0.4, 0.5) is 0 Å². The maximum atomic E-state index is 5.71. The average molecular weight is 759 g/mol. The molecule has 0 aliphatic rings. The Morgan fingerprint density at radius 1 is 0.396 bits per heavy atom. The number of alkyl halides is 1. The number of rotatable bonds is 11. The lowest BCUT2D eigenvalue weighted by molar-refractivity contribution is -0.0000111. The third kappa shape index (κ3) is 14.6. The van der Waals surface area contributed by atoms with Crippen molar-refractivity contribution >= 4 is 35.4 Å². The van der Waals surface area contributed by atoms with Gasteiger partial charge in [0.15, 0.2) is 0 Å². The van der Waals surface area contributed by atoms with Crippen LogP contribution in [-0.2, 0) is 25.5 Å². The van der Waals surface area contributed by atoms with Gasteiger partial charge in [-0.05, 0) is 76.8 Å². The molecule has 272 valence electrons. The lowest BCUT2D eigenvalue weighted by Gasteiger charge is -2.18. The van der Waals surface area contributed by atoms with Crippen molar-refractivity contribution in [1.82, 2.24) is 0 Å². The molecule has 7 aromatic carbocycles. The van der Waals surface area contributed by atoms with Gasteiger partial charge in [-0.15, -0.1) is 11.6 Å². The number of halogens is 2. The summed E-state index contributed by atoms with van der Waals surface area (Å²) in [5.41, 5.74) is 4.81. The zero-order chi connectivity index (χ0) is 35.4. The van der Waals surface area contributed by atoms with Crippen LogP contribution in [-0.4, -0.2) is 0 Å². The van der Waals surface area contributed by atoms with Gasteiger partial charge in [-0.1, -0.05) is 190 Å². The first-order chi connectivity index (χ1) is 25.2. The van der Waals surface area contributed by atoms with E-state index in [4.69, 9.17) is 21.1 Å². The average Bonchev–Trinajstić information content (AvgIpc) is 3.22. The Kier molecular flexibility index (Phi) is 19.6. The Balaban J connectivity index is 0.000000211. The fourth-order valence-electron chi connectivity index (χ4n) is 5.16. The Bertz CT molecular complexity index is 1740. The Hall–Kier alpha value is -4.85. The van der Waals surface area contributed by atoms with Crippen LogP contribution >= 0.6 is 19.5 Å². The largest absolute Gasteiger partial charge is 1.00 e. The molecule has 0 unspecified atom stereocenters. The summed E-state index contributed by atoms with van der Waals surface area (Å²) in [4.78, 5) is 0. The summed E-state index contributed by atoms with van der Waals surface area (Å²) < 4.78 is 11.3. The molecule has 0 saturated carbocycles. The molecule has 0 amide bonds. The molecule has 0 aromatic heterocycles. The van der Waals surface area contributed by atoms with Crippen LogP contribution in [0.2, 0.25) is 0 Å². The quantitative estimate of drug-likeness (QED) is 0.0970. The second-order valence-corrected chi connectivity index (χ2v) is 14.2. The first kappa shape index (κ1) is 42.6. The molecule has 7 rings (SSSR count). The monoisotopic (exact) mass is 757 g/mol. The van der Waals surface area contributed by atoms with E-state index in [1.54, 1.807) is 0 Å². The third-order valence-corrected chi connectivity index (χ3v) is 10.7. The smallest absolute Gasteiger partial charge is 0.119 e. The van der Waals surface area contributed by atoms with Gasteiger partial charge >= 0.3 is 0 Å². The first-order valence-corrected chi connectivity index (χ1v) is 19.1. The van der Waals surface area contributed by atoms with Gasteiger partial charge in [-0.25, -0.2) is 0 Å². The van der Waals surface area contributed by atoms with Gasteiger partial charge in [0.1, 0.15) is 24.7 Å². The van der Waals surface area contributed by atoms with E-state index >= 15 is 0 Å². The Morgan fingerprint density at radius 2 is 0.698 bits per heavy atom. The molecule has 0 aliphatic carbocycles. The van der Waals surface area contributed by atoms with Crippen molar-refractivity contribution in [2.24, 2.45) is 0 Å². The molecule has 0 atom stereocenters. The van der Waals surface area contributed by atoms with Gasteiger partial charge in [0.2, 0.25) is 0 Å². The van der Waals surface area contributed by atoms with E-state index in [-0.39, 0.29) is 19.8 Å². The van der Waals surface area contributed by atoms with Gasteiger partial charge in [-0.2, -0.15) is 0 Å². The highest BCUT2D eigenvalue weighted by molar-refractivity contribution is 7.79. The lowest BCUT2D eigenvalue weighted by atomic mass is 10.2. The molecule has 7 aromatic rings. The van der Waals surface area contributed by atoms with E-state index in [0.29, 0.717) is 19.1 Å². The van der Waals surface area contributed by atoms with Crippen molar-refractivity contribution in [2.75, 3.05) is 0 Å². The van der Waals surface area contributed by atoms with Gasteiger partial charge < -0.3 is 21.9 Å². The summed E-state index contributed by atoms with van der Waals surface area (Å²) in [5.74, 6) is 2.35. The van der Waals surface area contributed by atoms with Gasteiger partial charge in [0.25, 0.3) is 0 Å². The molecule has 0 radical (unpaired) electrons. The molecule has 0 aliphatic heterocycles. The topological polar surface area (TPSA) is 18.5 Å². The summed E-state index contributed by atoms with van der Waals surface area (Å²) in [7, 11) is -0.446. The van der Waals surface area contributed by atoms with E-state index in [2.05, 4.69) is 122 Å². The van der Waals surface area contributed by atoms with Gasteiger partial charge in [0.05, 0.1) is 0 Å². The van der Waals surface area contributed by atoms with Crippen LogP contribution in [0.25, 0.3) is 0 Å². The minimum absolute atomic E-state index is 0. The second kappa shape index (κ2) is 24.4. The number of hydrogen-bond acceptors (Lipinski definition) is 2. The van der Waals surface area contributed by atoms with E-state index < -0.39 is 7.92 Å². The highest BCUT2D eigenvalue weighted by Crippen LogP contribution is 2.32. The highest BCUT2D eigenvalue weighted by atomic mass is 35.5. The summed E-state index contributed by atoms with van der Waals surface area (Å²) in [6.45, 7) is 3.38. The van der Waals surface area contributed by atoms with Crippen molar-refractivity contribution in [3.63, 3.8) is 0 Å². The number of ether oxygens (including phenoxy) is 2. The maximum Gasteiger partial charge on any atom is 0.119 e. The van der Waals surface area contributed by atoms with Crippen molar-refractivity contribution in [2.45, 2.75) is 39.9 Å². The summed E-state index contributed by atoms with van der Waals surface area (Å²) in [6, 6.07) is 68.8. The normalized spacial score (nSPS) is 9.87. The standard InChI is InChI=1S/C18H15P.C15H16O.C14H13ClO.CH4.ClH/c1-4-10-16(11-5-1)19(17-12-6-2-7-13-17)18-14-8-3-9-15-18;1-2-13-8-10-15(11-9-13)16-12-14-6-4-3-5-7-14;15-10-12-6-8-14(9-7-12)16-11-13-4-2-1-3-5-13;;/h1-15H;3-11H,2,12H2,1H3;1-9H,10-11H2;1H4;1H/p-1. The number of benzene rings is 7. The summed E-state index contributed by atoms with van der Waals surface area (Å²) in [6.07, 6.45) is 1.07. The fourth-order valence-corrected chi connectivity index (χ4v) is 7.64. The van der Waals surface area contributed by atoms with Crippen LogP contribution < -0.4 is 37.8 Å². The number of hydrogen-bond donors (Lipinski definition) is 0. The van der Waals surface area contributed by atoms with Crippen molar-refractivity contribution in [3.8, 4) is 11.5 Å². The minimum Gasteiger partial charge on any atom is -1.00 e. The molecule has 53 heavy (non-hydrogen) atoms. The SMILES string of the molecule is C.CCc1ccc(OCc2ccccc2)cc1.ClCc1ccc(OCc2ccccc2)cc1.[Cl-].c1ccc(P(c2ccccc2)c2ccccc2)cc1. The predicted molar refractivity (Wildman–Crippen MR) is 225 cm³/mol. The molecule has 0 heterocycles. The molecule has 5 heteroatoms. The van der Waals surface area contributed by atoms with E-state index in [1.165, 1.54) is 32.6 Å². The predicted octanol–water partition coefficient (Wildman–Crippen LogP) is 8.92. The van der Waals surface area contributed by atoms with Crippen LogP contribution in [0.1, 0.15) is 36.6 Å². The maximum absolute atomic E-state index is 5.71. The molecule has 2 nitrogen and oxygen atoms in total. The van der Waals surface area contributed by atoms with Crippen LogP contribution in [0.5, 0.6) is 11.5 Å². The zero-order valence-corrected chi connectivity index (χ0v) is 31.8. The zero-order valence-electron chi connectivity index (χ0n) is 29.4. The minimum atomic E-state index is -0.446. The van der Waals surface area contributed by atoms with Crippen LogP contribution in [0.15, 0.2) is 200 Å². The number of aryl methyl sites for hydroxylation is 1. The Morgan fingerprint density at radius 3 is 1.00 bits per heavy atom. The molecule has 0 saturated heterocycles. The molecular formula is C48H48Cl2O2P-. The molecule has 0 spiro atoms. The lowest BCUT2D eigenvalue weighted by Crippen LogP contribution is -3.00.